The van der Waals surface area contributed by atoms with Crippen molar-refractivity contribution in [3.05, 3.63) is 90.9 Å². The first kappa shape index (κ1) is 23.4. The zero-order chi connectivity index (χ0) is 24.1. The number of hydrogen-bond acceptors (Lipinski definition) is 7. The molecule has 33 heavy (non-hydrogen) atoms. The molecule has 0 saturated heterocycles. The number of non-ortho nitro benzene ring substituents is 1. The van der Waals surface area contributed by atoms with Crippen LogP contribution in [0.15, 0.2) is 62.9 Å². The normalized spacial score (nSPS) is 11.0. The van der Waals surface area contributed by atoms with Gasteiger partial charge in [0, 0.05) is 34.5 Å². The van der Waals surface area contributed by atoms with Crippen LogP contribution in [-0.4, -0.2) is 20.8 Å². The second kappa shape index (κ2) is 9.93. The van der Waals surface area contributed by atoms with E-state index < -0.39 is 10.8 Å². The lowest BCUT2D eigenvalue weighted by molar-refractivity contribution is -0.384. The highest BCUT2D eigenvalue weighted by molar-refractivity contribution is 7.99. The number of nitrogens with one attached hydrogen (secondary N) is 2. The molecule has 10 heteroatoms. The molecule has 2 aromatic carbocycles. The number of rotatable bonds is 6. The maximum atomic E-state index is 12.8. The van der Waals surface area contributed by atoms with Gasteiger partial charge in [-0.3, -0.25) is 19.7 Å². The average molecular weight is 462 g/mol. The average Bonchev–Trinajstić information content (AvgIpc) is 2.74. The van der Waals surface area contributed by atoms with Crippen molar-refractivity contribution in [2.24, 2.45) is 0 Å². The third-order valence-electron chi connectivity index (χ3n) is 4.57. The molecule has 9 nitrogen and oxygen atoms in total. The number of amides is 1. The summed E-state index contributed by atoms with van der Waals surface area (Å²) in [5.41, 5.74) is 2.33. The lowest BCUT2D eigenvalue weighted by Crippen LogP contribution is -2.14. The van der Waals surface area contributed by atoms with Crippen LogP contribution in [0, 0.1) is 42.2 Å². The summed E-state index contributed by atoms with van der Waals surface area (Å²) in [6, 6.07) is 12.8. The van der Waals surface area contributed by atoms with Crippen LogP contribution in [0.3, 0.4) is 0 Å². The van der Waals surface area contributed by atoms with Gasteiger partial charge in [0.15, 0.2) is 5.16 Å². The molecule has 3 rings (SSSR count). The van der Waals surface area contributed by atoms with Crippen LogP contribution in [-0.2, 0) is 4.79 Å². The molecule has 1 amide bonds. The van der Waals surface area contributed by atoms with Crippen molar-refractivity contribution in [2.75, 3.05) is 5.32 Å². The van der Waals surface area contributed by atoms with E-state index in [1.165, 1.54) is 30.3 Å². The van der Waals surface area contributed by atoms with Crippen LogP contribution in [0.25, 0.3) is 6.08 Å². The van der Waals surface area contributed by atoms with E-state index in [0.29, 0.717) is 16.3 Å². The first-order chi connectivity index (χ1) is 15.7. The monoisotopic (exact) mass is 461 g/mol. The number of H-pyrrole nitrogens is 1. The summed E-state index contributed by atoms with van der Waals surface area (Å²) in [7, 11) is 0. The minimum atomic E-state index is -0.643. The van der Waals surface area contributed by atoms with Crippen molar-refractivity contribution >= 4 is 35.1 Å². The number of hydrogen-bond donors (Lipinski definition) is 2. The summed E-state index contributed by atoms with van der Waals surface area (Å²) < 4.78 is 0. The number of benzene rings is 2. The third-order valence-corrected chi connectivity index (χ3v) is 5.54. The third kappa shape index (κ3) is 5.93. The fourth-order valence-electron chi connectivity index (χ4n) is 2.92. The number of nitro groups is 1. The lowest BCUT2D eigenvalue weighted by Gasteiger charge is -2.10. The van der Waals surface area contributed by atoms with Gasteiger partial charge in [-0.2, -0.15) is 5.26 Å². The van der Waals surface area contributed by atoms with Crippen LogP contribution >= 0.6 is 11.8 Å². The summed E-state index contributed by atoms with van der Waals surface area (Å²) in [6.07, 6.45) is 1.28. The SMILES string of the molecule is Cc1ccc(C)c(NC(=O)/C(C#N)=C/c2cc([N+](=O)[O-])ccc2Sc2nc(C)cc(=O)[nH]2)c1. The number of aryl methyl sites for hydroxylation is 3. The Bertz CT molecular complexity index is 1390. The standard InChI is InChI=1S/C23H19N5O4S/c1-13-4-5-14(2)19(8-13)26-22(30)17(12-24)10-16-11-18(28(31)32)6-7-20(16)33-23-25-15(3)9-21(29)27-23/h4-11H,1-3H3,(H,26,30)(H,25,27,29)/b17-10+. The summed E-state index contributed by atoms with van der Waals surface area (Å²) in [6.45, 7) is 5.38. The van der Waals surface area contributed by atoms with Gasteiger partial charge in [-0.15, -0.1) is 0 Å². The zero-order valence-corrected chi connectivity index (χ0v) is 18.8. The van der Waals surface area contributed by atoms with Gasteiger partial charge in [0.05, 0.1) is 4.92 Å². The molecule has 1 heterocycles. The van der Waals surface area contributed by atoms with Gasteiger partial charge in [-0.05, 0) is 55.7 Å². The topological polar surface area (TPSA) is 142 Å². The number of aromatic amines is 1. The molecule has 0 saturated carbocycles. The molecule has 0 aliphatic carbocycles. The number of carbonyl (C=O) groups is 1. The van der Waals surface area contributed by atoms with Gasteiger partial charge in [0.25, 0.3) is 17.2 Å². The molecule has 0 atom stereocenters. The predicted molar refractivity (Wildman–Crippen MR) is 125 cm³/mol. The molecule has 1 aromatic heterocycles. The molecular formula is C23H19N5O4S. The van der Waals surface area contributed by atoms with Gasteiger partial charge in [-0.1, -0.05) is 23.9 Å². The van der Waals surface area contributed by atoms with Crippen LogP contribution in [0.4, 0.5) is 11.4 Å². The maximum absolute atomic E-state index is 12.8. The Kier molecular flexibility index (Phi) is 7.05. The number of aromatic nitrogens is 2. The molecule has 166 valence electrons. The molecule has 0 aliphatic rings. The van der Waals surface area contributed by atoms with Gasteiger partial charge in [-0.25, -0.2) is 4.98 Å². The Morgan fingerprint density at radius 1 is 1.21 bits per heavy atom. The number of carbonyl (C=O) groups excluding carboxylic acids is 1. The van der Waals surface area contributed by atoms with E-state index in [0.717, 1.165) is 22.9 Å². The summed E-state index contributed by atoms with van der Waals surface area (Å²) in [5.74, 6) is -0.643. The van der Waals surface area contributed by atoms with E-state index in [-0.39, 0.29) is 27.5 Å². The smallest absolute Gasteiger partial charge is 0.270 e. The Morgan fingerprint density at radius 3 is 2.64 bits per heavy atom. The highest BCUT2D eigenvalue weighted by atomic mass is 32.2. The van der Waals surface area contributed by atoms with E-state index in [1.54, 1.807) is 13.0 Å². The van der Waals surface area contributed by atoms with Crippen molar-refractivity contribution in [1.29, 1.82) is 5.26 Å². The van der Waals surface area contributed by atoms with Crippen molar-refractivity contribution in [3.63, 3.8) is 0 Å². The van der Waals surface area contributed by atoms with Gasteiger partial charge >= 0.3 is 0 Å². The fourth-order valence-corrected chi connectivity index (χ4v) is 3.84. The van der Waals surface area contributed by atoms with Gasteiger partial charge in [0.2, 0.25) is 0 Å². The summed E-state index contributed by atoms with van der Waals surface area (Å²) >= 11 is 1.06. The summed E-state index contributed by atoms with van der Waals surface area (Å²) in [4.78, 5) is 42.6. The molecule has 0 spiro atoms. The van der Waals surface area contributed by atoms with Crippen LogP contribution in [0.1, 0.15) is 22.4 Å². The van der Waals surface area contributed by atoms with Gasteiger partial charge in [0.1, 0.15) is 11.6 Å². The van der Waals surface area contributed by atoms with Crippen LogP contribution in [0.5, 0.6) is 0 Å². The zero-order valence-electron chi connectivity index (χ0n) is 18.0. The predicted octanol–water partition coefficient (Wildman–Crippen LogP) is 4.30. The first-order valence-electron chi connectivity index (χ1n) is 9.71. The van der Waals surface area contributed by atoms with Crippen molar-refractivity contribution in [1.82, 2.24) is 9.97 Å². The fraction of sp³-hybridized carbons (Fsp3) is 0.130. The number of anilines is 1. The largest absolute Gasteiger partial charge is 0.321 e. The molecule has 0 aliphatic heterocycles. The number of nitriles is 1. The highest BCUT2D eigenvalue weighted by Crippen LogP contribution is 2.32. The van der Waals surface area contributed by atoms with Crippen molar-refractivity contribution in [2.45, 2.75) is 30.8 Å². The van der Waals surface area contributed by atoms with E-state index in [2.05, 4.69) is 15.3 Å². The minimum Gasteiger partial charge on any atom is -0.321 e. The second-order valence-electron chi connectivity index (χ2n) is 7.22. The summed E-state index contributed by atoms with van der Waals surface area (Å²) in [5, 5.41) is 23.9. The molecule has 0 unspecified atom stereocenters. The van der Waals surface area contributed by atoms with Gasteiger partial charge < -0.3 is 10.3 Å². The Hall–Kier alpha value is -4.23. The van der Waals surface area contributed by atoms with E-state index in [1.807, 2.05) is 32.0 Å². The molecule has 0 fully saturated rings. The van der Waals surface area contributed by atoms with E-state index in [9.17, 15) is 25.0 Å². The number of nitrogens with zero attached hydrogens (tertiary/aromatic N) is 3. The quantitative estimate of drug-likeness (QED) is 0.183. The second-order valence-corrected chi connectivity index (χ2v) is 8.25. The van der Waals surface area contributed by atoms with Crippen LogP contribution in [0.2, 0.25) is 0 Å². The Morgan fingerprint density at radius 2 is 1.97 bits per heavy atom. The maximum Gasteiger partial charge on any atom is 0.270 e. The molecule has 3 aromatic rings. The lowest BCUT2D eigenvalue weighted by atomic mass is 10.1. The van der Waals surface area contributed by atoms with E-state index >= 15 is 0 Å². The first-order valence-corrected chi connectivity index (χ1v) is 10.5. The number of nitro benzene ring substituents is 1. The minimum absolute atomic E-state index is 0.205. The van der Waals surface area contributed by atoms with Crippen LogP contribution < -0.4 is 10.9 Å². The molecule has 2 N–H and O–H groups in total. The Labute approximate surface area is 193 Å². The van der Waals surface area contributed by atoms with Crippen molar-refractivity contribution < 1.29 is 9.72 Å². The molecule has 0 radical (unpaired) electrons. The van der Waals surface area contributed by atoms with Crippen molar-refractivity contribution in [3.8, 4) is 6.07 Å². The Balaban J connectivity index is 2.02. The van der Waals surface area contributed by atoms with E-state index in [4.69, 9.17) is 0 Å². The molecular weight excluding hydrogens is 442 g/mol. The highest BCUT2D eigenvalue weighted by Gasteiger charge is 2.16. The molecule has 0 bridgehead atoms.